The van der Waals surface area contributed by atoms with E-state index in [0.717, 1.165) is 6.92 Å². The van der Waals surface area contributed by atoms with Gasteiger partial charge in [0.2, 0.25) is 0 Å². The van der Waals surface area contributed by atoms with Gasteiger partial charge in [-0.1, -0.05) is 0 Å². The van der Waals surface area contributed by atoms with E-state index in [9.17, 15) is 35.9 Å². The number of nitriles is 1. The van der Waals surface area contributed by atoms with Crippen LogP contribution >= 0.6 is 0 Å². The first-order valence-electron chi connectivity index (χ1n) is 6.95. The third kappa shape index (κ3) is 6.21. The second kappa shape index (κ2) is 7.98. The molecule has 0 saturated carbocycles. The number of benzene rings is 1. The fraction of sp³-hybridized carbons (Fsp3) is 0.267. The molecule has 146 valence electrons. The van der Waals surface area contributed by atoms with E-state index in [1.807, 2.05) is 10.6 Å². The van der Waals surface area contributed by atoms with Gasteiger partial charge in [0.25, 0.3) is 5.91 Å². The molecule has 0 aliphatic heterocycles. The molecule has 3 N–H and O–H groups in total. The molecule has 6 nitrogen and oxygen atoms in total. The molecule has 1 aromatic rings. The lowest BCUT2D eigenvalue weighted by molar-refractivity contribution is -0.143. The Morgan fingerprint density at radius 1 is 1.11 bits per heavy atom. The molecule has 1 aromatic carbocycles. The smallest absolute Gasteiger partial charge is 0.416 e. The van der Waals surface area contributed by atoms with Crippen LogP contribution in [0.25, 0.3) is 0 Å². The van der Waals surface area contributed by atoms with Crippen molar-refractivity contribution in [1.82, 2.24) is 5.32 Å². The molecule has 0 fully saturated rings. The highest BCUT2D eigenvalue weighted by Crippen LogP contribution is 2.37. The maximum absolute atomic E-state index is 12.8. The van der Waals surface area contributed by atoms with Crippen LogP contribution < -0.4 is 10.6 Å². The minimum atomic E-state index is -5.06. The Morgan fingerprint density at radius 3 is 1.96 bits per heavy atom. The zero-order valence-corrected chi connectivity index (χ0v) is 13.4. The third-order valence-electron chi connectivity index (χ3n) is 3.05. The van der Waals surface area contributed by atoms with Crippen molar-refractivity contribution in [2.45, 2.75) is 25.3 Å². The molecule has 1 rings (SSSR count). The molecule has 0 bridgehead atoms. The number of anilines is 1. The number of nitrogens with one attached hydrogen (secondary N) is 2. The van der Waals surface area contributed by atoms with E-state index in [-0.39, 0.29) is 6.07 Å². The van der Waals surface area contributed by atoms with E-state index in [2.05, 4.69) is 0 Å². The highest BCUT2D eigenvalue weighted by molar-refractivity contribution is 5.99. The van der Waals surface area contributed by atoms with Crippen LogP contribution in [0.5, 0.6) is 0 Å². The molecule has 1 unspecified atom stereocenters. The van der Waals surface area contributed by atoms with Gasteiger partial charge in [-0.2, -0.15) is 31.6 Å². The summed E-state index contributed by atoms with van der Waals surface area (Å²) in [5, 5.41) is 21.4. The van der Waals surface area contributed by atoms with Crippen molar-refractivity contribution in [2.24, 2.45) is 0 Å². The first-order chi connectivity index (χ1) is 12.3. The van der Waals surface area contributed by atoms with Crippen LogP contribution in [0.4, 0.5) is 32.0 Å². The van der Waals surface area contributed by atoms with Crippen molar-refractivity contribution in [3.8, 4) is 6.07 Å². The average Bonchev–Trinajstić information content (AvgIpc) is 2.53. The zero-order chi connectivity index (χ0) is 21.0. The van der Waals surface area contributed by atoms with Crippen molar-refractivity contribution in [3.05, 3.63) is 41.1 Å². The number of carbonyl (C=O) groups is 2. The first kappa shape index (κ1) is 21.8. The Hall–Kier alpha value is -3.23. The number of carboxylic acids is 1. The van der Waals surface area contributed by atoms with Crippen molar-refractivity contribution in [2.75, 3.05) is 5.32 Å². The minimum Gasteiger partial charge on any atom is -0.480 e. The minimum absolute atomic E-state index is 0.0820. The molecule has 1 amide bonds. The molecule has 0 heterocycles. The van der Waals surface area contributed by atoms with Crippen molar-refractivity contribution in [3.63, 3.8) is 0 Å². The summed E-state index contributed by atoms with van der Waals surface area (Å²) < 4.78 is 76.6. The van der Waals surface area contributed by atoms with Gasteiger partial charge in [-0.05, 0) is 25.1 Å². The number of hydrogen-bond acceptors (Lipinski definition) is 4. The van der Waals surface area contributed by atoms with Gasteiger partial charge in [0.05, 0.1) is 11.1 Å². The number of hydrogen-bond donors (Lipinski definition) is 3. The lowest BCUT2D eigenvalue weighted by Gasteiger charge is -2.14. The monoisotopic (exact) mass is 395 g/mol. The molecule has 0 saturated heterocycles. The van der Waals surface area contributed by atoms with Crippen LogP contribution in [-0.4, -0.2) is 23.0 Å². The molecule has 0 aromatic heterocycles. The number of amides is 1. The summed E-state index contributed by atoms with van der Waals surface area (Å²) in [4.78, 5) is 22.3. The fourth-order valence-corrected chi connectivity index (χ4v) is 1.68. The van der Waals surface area contributed by atoms with Gasteiger partial charge in [-0.15, -0.1) is 0 Å². The van der Waals surface area contributed by atoms with Crippen LogP contribution in [0.3, 0.4) is 0 Å². The SMILES string of the molecule is CC(NC(=O)/C(C#N)=C\Nc1cc(C(F)(F)F)cc(C(F)(F)F)c1)C(=O)O. The number of carbonyl (C=O) groups excluding carboxylic acids is 1. The number of rotatable bonds is 5. The van der Waals surface area contributed by atoms with Crippen LogP contribution in [0.15, 0.2) is 30.0 Å². The summed E-state index contributed by atoms with van der Waals surface area (Å²) in [6, 6.07) is 0.617. The zero-order valence-electron chi connectivity index (χ0n) is 13.4. The van der Waals surface area contributed by atoms with Crippen LogP contribution in [0, 0.1) is 11.3 Å². The summed E-state index contributed by atoms with van der Waals surface area (Å²) in [5.41, 5.74) is -4.61. The summed E-state index contributed by atoms with van der Waals surface area (Å²) >= 11 is 0. The van der Waals surface area contributed by atoms with E-state index >= 15 is 0 Å². The van der Waals surface area contributed by atoms with Gasteiger partial charge in [-0.25, -0.2) is 0 Å². The van der Waals surface area contributed by atoms with Crippen LogP contribution in [0.1, 0.15) is 18.1 Å². The van der Waals surface area contributed by atoms with Gasteiger partial charge in [0, 0.05) is 11.9 Å². The number of halogens is 6. The lowest BCUT2D eigenvalue weighted by Crippen LogP contribution is -2.39. The summed E-state index contributed by atoms with van der Waals surface area (Å²) in [6.07, 6.45) is -9.55. The second-order valence-electron chi connectivity index (χ2n) is 5.14. The molecule has 0 radical (unpaired) electrons. The Labute approximate surface area is 148 Å². The quantitative estimate of drug-likeness (QED) is 0.404. The molecule has 1 atom stereocenters. The lowest BCUT2D eigenvalue weighted by atomic mass is 10.1. The highest BCUT2D eigenvalue weighted by atomic mass is 19.4. The van der Waals surface area contributed by atoms with Gasteiger partial charge in [0.1, 0.15) is 17.7 Å². The van der Waals surface area contributed by atoms with E-state index in [0.29, 0.717) is 18.3 Å². The molecule has 0 aliphatic carbocycles. The van der Waals surface area contributed by atoms with Crippen LogP contribution in [0.2, 0.25) is 0 Å². The summed E-state index contributed by atoms with van der Waals surface area (Å²) in [5.74, 6) is -2.59. The Kier molecular flexibility index (Phi) is 6.45. The number of aliphatic carboxylic acids is 1. The predicted octanol–water partition coefficient (Wildman–Crippen LogP) is 3.13. The van der Waals surface area contributed by atoms with Crippen LogP contribution in [-0.2, 0) is 21.9 Å². The standard InChI is InChI=1S/C15H11F6N3O3/c1-7(13(26)27)24-12(25)8(5-22)6-23-11-3-9(14(16,17)18)2-10(4-11)15(19,20)21/h2-4,6-7,23H,1H3,(H,24,25)(H,26,27)/b8-6-. The van der Waals surface area contributed by atoms with Gasteiger partial charge < -0.3 is 15.7 Å². The van der Waals surface area contributed by atoms with Gasteiger partial charge >= 0.3 is 18.3 Å². The molecular formula is C15H11F6N3O3. The average molecular weight is 395 g/mol. The molecule has 0 spiro atoms. The Morgan fingerprint density at radius 2 is 1.59 bits per heavy atom. The third-order valence-corrected chi connectivity index (χ3v) is 3.05. The fourth-order valence-electron chi connectivity index (χ4n) is 1.68. The van der Waals surface area contributed by atoms with E-state index in [4.69, 9.17) is 10.4 Å². The predicted molar refractivity (Wildman–Crippen MR) is 79.0 cm³/mol. The maximum Gasteiger partial charge on any atom is 0.416 e. The molecule has 0 aliphatic rings. The molecular weight excluding hydrogens is 384 g/mol. The van der Waals surface area contributed by atoms with Crippen molar-refractivity contribution in [1.29, 1.82) is 5.26 Å². The normalized spacial score (nSPS) is 13.5. The van der Waals surface area contributed by atoms with Crippen molar-refractivity contribution >= 4 is 17.6 Å². The largest absolute Gasteiger partial charge is 0.480 e. The topological polar surface area (TPSA) is 102 Å². The van der Waals surface area contributed by atoms with Crippen molar-refractivity contribution < 1.29 is 41.0 Å². The second-order valence-corrected chi connectivity index (χ2v) is 5.14. The number of carboxylic acid groups (broad SMARTS) is 1. The van der Waals surface area contributed by atoms with Gasteiger partial charge in [-0.3, -0.25) is 9.59 Å². The molecule has 12 heteroatoms. The Balaban J connectivity index is 3.19. The first-order valence-corrected chi connectivity index (χ1v) is 6.95. The Bertz CT molecular complexity index is 776. The number of alkyl halides is 6. The van der Waals surface area contributed by atoms with E-state index in [1.165, 1.54) is 6.07 Å². The molecule has 27 heavy (non-hydrogen) atoms. The maximum atomic E-state index is 12.8. The summed E-state index contributed by atoms with van der Waals surface area (Å²) in [6.45, 7) is 1.09. The highest BCUT2D eigenvalue weighted by Gasteiger charge is 2.36. The van der Waals surface area contributed by atoms with Gasteiger partial charge in [0.15, 0.2) is 0 Å². The summed E-state index contributed by atoms with van der Waals surface area (Å²) in [7, 11) is 0. The van der Waals surface area contributed by atoms with E-state index < -0.39 is 52.7 Å². The number of nitrogens with zero attached hydrogens (tertiary/aromatic N) is 1. The van der Waals surface area contributed by atoms with E-state index in [1.54, 1.807) is 0 Å².